The highest BCUT2D eigenvalue weighted by molar-refractivity contribution is 5.00. The Labute approximate surface area is 90.1 Å². The van der Waals surface area contributed by atoms with Crippen molar-refractivity contribution in [3.05, 3.63) is 24.8 Å². The third kappa shape index (κ3) is 3.76. The molecule has 1 aliphatic rings. The van der Waals surface area contributed by atoms with E-state index >= 15 is 0 Å². The molecule has 0 saturated carbocycles. The molecule has 0 amide bonds. The van der Waals surface area contributed by atoms with Gasteiger partial charge in [-0.05, 0) is 13.0 Å². The lowest BCUT2D eigenvalue weighted by molar-refractivity contribution is -0.184. The molecule has 3 atom stereocenters. The first-order valence-electron chi connectivity index (χ1n) is 5.10. The summed E-state index contributed by atoms with van der Waals surface area (Å²) in [6.07, 6.45) is 4.33. The molecule has 0 aliphatic carbocycles. The number of hydrogen-bond acceptors (Lipinski definition) is 4. The maximum atomic E-state index is 9.13. The summed E-state index contributed by atoms with van der Waals surface area (Å²) < 4.78 is 16.2. The van der Waals surface area contributed by atoms with Crippen LogP contribution in [0.25, 0.3) is 0 Å². The minimum absolute atomic E-state index is 0.0876. The Morgan fingerprint density at radius 1 is 1.47 bits per heavy atom. The predicted molar refractivity (Wildman–Crippen MR) is 56.4 cm³/mol. The van der Waals surface area contributed by atoms with Crippen molar-refractivity contribution < 1.29 is 19.3 Å². The normalized spacial score (nSPS) is 30.4. The molecule has 0 aromatic rings. The fourth-order valence-electron chi connectivity index (χ4n) is 1.37. The third-order valence-corrected chi connectivity index (χ3v) is 2.05. The van der Waals surface area contributed by atoms with Crippen molar-refractivity contribution >= 4 is 0 Å². The lowest BCUT2D eigenvalue weighted by Gasteiger charge is -2.30. The molecule has 86 valence electrons. The number of hydrogen-bond donors (Lipinski definition) is 1. The van der Waals surface area contributed by atoms with Gasteiger partial charge in [0.2, 0.25) is 0 Å². The van der Waals surface area contributed by atoms with E-state index in [2.05, 4.69) is 6.58 Å². The van der Waals surface area contributed by atoms with Crippen LogP contribution in [-0.4, -0.2) is 43.4 Å². The maximum absolute atomic E-state index is 9.13. The second-order valence-corrected chi connectivity index (χ2v) is 3.15. The van der Waals surface area contributed by atoms with E-state index in [1.807, 2.05) is 13.0 Å². The van der Waals surface area contributed by atoms with Crippen LogP contribution in [0.4, 0.5) is 0 Å². The summed E-state index contributed by atoms with van der Waals surface area (Å²) in [6, 6.07) is 0. The summed E-state index contributed by atoms with van der Waals surface area (Å²) in [6.45, 7) is 6.38. The summed E-state index contributed by atoms with van der Waals surface area (Å²) in [5.74, 6) is 0. The van der Waals surface area contributed by atoms with Crippen molar-refractivity contribution in [2.24, 2.45) is 0 Å². The Kier molecular flexibility index (Phi) is 5.57. The highest BCUT2D eigenvalue weighted by Crippen LogP contribution is 2.16. The molecule has 0 radical (unpaired) electrons. The fourth-order valence-corrected chi connectivity index (χ4v) is 1.37. The molecule has 0 unspecified atom stereocenters. The predicted octanol–water partition coefficient (Wildman–Crippen LogP) is 0.867. The largest absolute Gasteiger partial charge is 0.394 e. The molecule has 1 aliphatic heterocycles. The first kappa shape index (κ1) is 12.4. The van der Waals surface area contributed by atoms with Crippen LogP contribution in [0.3, 0.4) is 0 Å². The average Bonchev–Trinajstić information content (AvgIpc) is 2.27. The number of aliphatic hydroxyl groups excluding tert-OH is 1. The summed E-state index contributed by atoms with van der Waals surface area (Å²) in [7, 11) is 0. The highest BCUT2D eigenvalue weighted by atomic mass is 16.7. The standard InChI is InChI=1S/C11H18O4/c1-3-7-14-9-5-6-11(13-4-2)15-10(9)8-12/h3,5-6,9-12H,1,4,7-8H2,2H3/t9-,10+,11-/m0/s1. The zero-order chi connectivity index (χ0) is 11.1. The van der Waals surface area contributed by atoms with Gasteiger partial charge >= 0.3 is 0 Å². The topological polar surface area (TPSA) is 47.9 Å². The van der Waals surface area contributed by atoms with Crippen molar-refractivity contribution in [2.75, 3.05) is 19.8 Å². The lowest BCUT2D eigenvalue weighted by atomic mass is 10.1. The van der Waals surface area contributed by atoms with Gasteiger partial charge in [-0.15, -0.1) is 6.58 Å². The van der Waals surface area contributed by atoms with Gasteiger partial charge in [0.1, 0.15) is 12.2 Å². The second-order valence-electron chi connectivity index (χ2n) is 3.15. The Morgan fingerprint density at radius 3 is 2.87 bits per heavy atom. The molecule has 1 N–H and O–H groups in total. The Balaban J connectivity index is 2.49. The summed E-state index contributed by atoms with van der Waals surface area (Å²) in [5, 5.41) is 9.13. The molecule has 0 spiro atoms. The molecule has 0 aromatic heterocycles. The van der Waals surface area contributed by atoms with Crippen molar-refractivity contribution in [1.29, 1.82) is 0 Å². The van der Waals surface area contributed by atoms with E-state index in [4.69, 9.17) is 19.3 Å². The highest BCUT2D eigenvalue weighted by Gasteiger charge is 2.27. The summed E-state index contributed by atoms with van der Waals surface area (Å²) >= 11 is 0. The zero-order valence-corrected chi connectivity index (χ0v) is 8.96. The van der Waals surface area contributed by atoms with Crippen LogP contribution in [-0.2, 0) is 14.2 Å². The second kappa shape index (κ2) is 6.74. The SMILES string of the molecule is C=CCO[C@H]1C=C[C@@H](OCC)O[C@@H]1CO. The van der Waals surface area contributed by atoms with E-state index in [-0.39, 0.29) is 25.1 Å². The number of ether oxygens (including phenoxy) is 3. The van der Waals surface area contributed by atoms with E-state index in [9.17, 15) is 0 Å². The molecule has 4 nitrogen and oxygen atoms in total. The van der Waals surface area contributed by atoms with Crippen molar-refractivity contribution in [3.63, 3.8) is 0 Å². The van der Waals surface area contributed by atoms with Gasteiger partial charge in [0.05, 0.1) is 13.2 Å². The molecule has 0 saturated heterocycles. The van der Waals surface area contributed by atoms with Crippen LogP contribution in [0.5, 0.6) is 0 Å². The molecule has 15 heavy (non-hydrogen) atoms. The van der Waals surface area contributed by atoms with Crippen molar-refractivity contribution in [1.82, 2.24) is 0 Å². The van der Waals surface area contributed by atoms with Crippen LogP contribution in [0, 0.1) is 0 Å². The Morgan fingerprint density at radius 2 is 2.27 bits per heavy atom. The minimum atomic E-state index is -0.379. The quantitative estimate of drug-likeness (QED) is 0.666. The first-order valence-corrected chi connectivity index (χ1v) is 5.10. The van der Waals surface area contributed by atoms with Crippen molar-refractivity contribution in [3.8, 4) is 0 Å². The smallest absolute Gasteiger partial charge is 0.177 e. The molecule has 1 heterocycles. The van der Waals surface area contributed by atoms with Gasteiger partial charge in [-0.2, -0.15) is 0 Å². The van der Waals surface area contributed by atoms with Gasteiger partial charge in [-0.1, -0.05) is 12.2 Å². The van der Waals surface area contributed by atoms with Crippen LogP contribution < -0.4 is 0 Å². The number of aliphatic hydroxyl groups is 1. The molecule has 0 aromatic carbocycles. The molecule has 1 rings (SSSR count). The lowest BCUT2D eigenvalue weighted by Crippen LogP contribution is -2.40. The van der Waals surface area contributed by atoms with Gasteiger partial charge < -0.3 is 19.3 Å². The molecular weight excluding hydrogens is 196 g/mol. The Hall–Kier alpha value is -0.680. The molecule has 0 fully saturated rings. The minimum Gasteiger partial charge on any atom is -0.394 e. The zero-order valence-electron chi connectivity index (χ0n) is 8.96. The monoisotopic (exact) mass is 214 g/mol. The van der Waals surface area contributed by atoms with Gasteiger partial charge in [0.15, 0.2) is 6.29 Å². The van der Waals surface area contributed by atoms with E-state index in [0.29, 0.717) is 13.2 Å². The average molecular weight is 214 g/mol. The number of rotatable bonds is 6. The van der Waals surface area contributed by atoms with Gasteiger partial charge in [0.25, 0.3) is 0 Å². The van der Waals surface area contributed by atoms with E-state index in [1.54, 1.807) is 12.2 Å². The van der Waals surface area contributed by atoms with Crippen LogP contribution in [0.2, 0.25) is 0 Å². The van der Waals surface area contributed by atoms with Gasteiger partial charge in [0, 0.05) is 6.61 Å². The summed E-state index contributed by atoms with van der Waals surface area (Å²) in [5.41, 5.74) is 0. The fraction of sp³-hybridized carbons (Fsp3) is 0.636. The van der Waals surface area contributed by atoms with E-state index in [1.165, 1.54) is 0 Å². The third-order valence-electron chi connectivity index (χ3n) is 2.05. The van der Waals surface area contributed by atoms with E-state index < -0.39 is 0 Å². The first-order chi connectivity index (χ1) is 7.31. The van der Waals surface area contributed by atoms with Gasteiger partial charge in [-0.3, -0.25) is 0 Å². The maximum Gasteiger partial charge on any atom is 0.177 e. The molecule has 4 heteroatoms. The Bertz CT molecular complexity index is 215. The van der Waals surface area contributed by atoms with Crippen LogP contribution in [0.1, 0.15) is 6.92 Å². The van der Waals surface area contributed by atoms with Crippen LogP contribution >= 0.6 is 0 Å². The van der Waals surface area contributed by atoms with Crippen LogP contribution in [0.15, 0.2) is 24.8 Å². The van der Waals surface area contributed by atoms with E-state index in [0.717, 1.165) is 0 Å². The molecular formula is C11H18O4. The van der Waals surface area contributed by atoms with Crippen molar-refractivity contribution in [2.45, 2.75) is 25.4 Å². The molecule has 0 bridgehead atoms. The summed E-state index contributed by atoms with van der Waals surface area (Å²) in [4.78, 5) is 0. The van der Waals surface area contributed by atoms with Gasteiger partial charge in [-0.25, -0.2) is 0 Å².